The molecule has 1 heterocycles. The van der Waals surface area contributed by atoms with Gasteiger partial charge >= 0.3 is 0 Å². The van der Waals surface area contributed by atoms with Gasteiger partial charge in [-0.25, -0.2) is 4.98 Å². The van der Waals surface area contributed by atoms with Crippen LogP contribution in [-0.4, -0.2) is 21.7 Å². The van der Waals surface area contributed by atoms with E-state index in [4.69, 9.17) is 11.6 Å². The molecule has 18 heavy (non-hydrogen) atoms. The van der Waals surface area contributed by atoms with E-state index in [0.717, 1.165) is 46.8 Å². The van der Waals surface area contributed by atoms with Crippen LogP contribution >= 0.6 is 27.5 Å². The van der Waals surface area contributed by atoms with Crippen molar-refractivity contribution in [3.8, 4) is 0 Å². The number of hydrogen-bond donors (Lipinski definition) is 2. The van der Waals surface area contributed by atoms with Crippen molar-refractivity contribution in [3.63, 3.8) is 0 Å². The molecule has 0 aliphatic rings. The first-order valence-corrected chi connectivity index (χ1v) is 6.91. The van der Waals surface area contributed by atoms with E-state index in [1.165, 1.54) is 6.33 Å². The monoisotopic (exact) mass is 328 g/mol. The Morgan fingerprint density at radius 3 is 3.00 bits per heavy atom. The van der Waals surface area contributed by atoms with Gasteiger partial charge in [0.25, 0.3) is 0 Å². The maximum atomic E-state index is 6.13. The second kappa shape index (κ2) is 6.87. The molecular weight excluding hydrogens is 316 g/mol. The van der Waals surface area contributed by atoms with Crippen LogP contribution in [0.2, 0.25) is 5.02 Å². The lowest BCUT2D eigenvalue weighted by molar-refractivity contribution is 0.639. The molecule has 0 unspecified atom stereocenters. The molecule has 0 saturated carbocycles. The molecule has 4 nitrogen and oxygen atoms in total. The van der Waals surface area contributed by atoms with E-state index in [-0.39, 0.29) is 0 Å². The molecule has 2 rings (SSSR count). The van der Waals surface area contributed by atoms with E-state index < -0.39 is 0 Å². The normalized spacial score (nSPS) is 10.8. The van der Waals surface area contributed by atoms with Gasteiger partial charge in [0, 0.05) is 22.5 Å². The Morgan fingerprint density at radius 2 is 2.28 bits per heavy atom. The summed E-state index contributed by atoms with van der Waals surface area (Å²) in [6.45, 7) is 1.70. The first kappa shape index (κ1) is 13.5. The van der Waals surface area contributed by atoms with Gasteiger partial charge in [-0.3, -0.25) is 5.10 Å². The Bertz CT molecular complexity index is 487. The van der Waals surface area contributed by atoms with Crippen LogP contribution in [0.1, 0.15) is 17.8 Å². The van der Waals surface area contributed by atoms with E-state index in [0.29, 0.717) is 0 Å². The Morgan fingerprint density at radius 1 is 1.39 bits per heavy atom. The van der Waals surface area contributed by atoms with Crippen LogP contribution < -0.4 is 5.32 Å². The van der Waals surface area contributed by atoms with Crippen LogP contribution in [0.4, 0.5) is 0 Å². The summed E-state index contributed by atoms with van der Waals surface area (Å²) in [6, 6.07) is 5.93. The smallest absolute Gasteiger partial charge is 0.137 e. The van der Waals surface area contributed by atoms with Gasteiger partial charge in [0.05, 0.1) is 0 Å². The van der Waals surface area contributed by atoms with Crippen LogP contribution in [0, 0.1) is 0 Å². The predicted molar refractivity (Wildman–Crippen MR) is 75.6 cm³/mol. The maximum absolute atomic E-state index is 6.13. The number of aromatic amines is 1. The average molecular weight is 330 g/mol. The van der Waals surface area contributed by atoms with E-state index >= 15 is 0 Å². The highest BCUT2D eigenvalue weighted by Gasteiger charge is 2.01. The summed E-state index contributed by atoms with van der Waals surface area (Å²) in [5, 5.41) is 10.8. The number of nitrogens with one attached hydrogen (secondary N) is 2. The fourth-order valence-electron chi connectivity index (χ4n) is 1.62. The first-order valence-electron chi connectivity index (χ1n) is 5.74. The molecule has 2 aromatic rings. The first-order chi connectivity index (χ1) is 8.75. The number of H-pyrrole nitrogens is 1. The molecule has 0 fully saturated rings. The van der Waals surface area contributed by atoms with Gasteiger partial charge in [0.2, 0.25) is 0 Å². The lowest BCUT2D eigenvalue weighted by atomic mass is 10.2. The fourth-order valence-corrected chi connectivity index (χ4v) is 2.36. The zero-order chi connectivity index (χ0) is 12.8. The fraction of sp³-hybridized carbons (Fsp3) is 0.333. The predicted octanol–water partition coefficient (Wildman–Crippen LogP) is 2.94. The Labute approximate surface area is 119 Å². The van der Waals surface area contributed by atoms with E-state index in [2.05, 4.69) is 36.4 Å². The maximum Gasteiger partial charge on any atom is 0.137 e. The average Bonchev–Trinajstić information content (AvgIpc) is 2.84. The number of benzene rings is 1. The summed E-state index contributed by atoms with van der Waals surface area (Å²) in [7, 11) is 0. The van der Waals surface area contributed by atoms with Gasteiger partial charge in [0.1, 0.15) is 12.2 Å². The third-order valence-corrected chi connectivity index (χ3v) is 3.41. The molecule has 0 bridgehead atoms. The molecule has 0 radical (unpaired) electrons. The minimum atomic E-state index is 0.780. The van der Waals surface area contributed by atoms with E-state index in [1.807, 2.05) is 18.2 Å². The third kappa shape index (κ3) is 4.08. The molecule has 96 valence electrons. The van der Waals surface area contributed by atoms with Crippen molar-refractivity contribution >= 4 is 27.5 Å². The van der Waals surface area contributed by atoms with Crippen molar-refractivity contribution in [1.82, 2.24) is 20.5 Å². The summed E-state index contributed by atoms with van der Waals surface area (Å²) in [4.78, 5) is 4.08. The molecule has 0 aliphatic carbocycles. The summed E-state index contributed by atoms with van der Waals surface area (Å²) in [5.74, 6) is 0.929. The van der Waals surface area contributed by atoms with E-state index in [1.54, 1.807) is 0 Å². The van der Waals surface area contributed by atoms with Crippen LogP contribution in [0.25, 0.3) is 0 Å². The Kier molecular flexibility index (Phi) is 5.16. The minimum absolute atomic E-state index is 0.780. The van der Waals surface area contributed by atoms with E-state index in [9.17, 15) is 0 Å². The lowest BCUT2D eigenvalue weighted by Gasteiger charge is -2.06. The van der Waals surface area contributed by atoms with Gasteiger partial charge in [-0.15, -0.1) is 0 Å². The molecule has 0 atom stereocenters. The van der Waals surface area contributed by atoms with Crippen LogP contribution in [0.15, 0.2) is 29.0 Å². The molecule has 6 heteroatoms. The van der Waals surface area contributed by atoms with Gasteiger partial charge in [-0.2, -0.15) is 5.10 Å². The third-order valence-electron chi connectivity index (χ3n) is 2.56. The molecule has 0 amide bonds. The standard InChI is InChI=1S/C12H14BrClN4/c13-10-4-3-9(11(14)6-10)7-15-5-1-2-12-16-8-17-18-12/h3-4,6,8,15H,1-2,5,7H2,(H,16,17,18). The van der Waals surface area contributed by atoms with Crippen LogP contribution in [0.5, 0.6) is 0 Å². The summed E-state index contributed by atoms with van der Waals surface area (Å²) < 4.78 is 1.00. The van der Waals surface area contributed by atoms with Crippen molar-refractivity contribution in [2.75, 3.05) is 6.54 Å². The van der Waals surface area contributed by atoms with Crippen molar-refractivity contribution in [2.45, 2.75) is 19.4 Å². The summed E-state index contributed by atoms with van der Waals surface area (Å²) >= 11 is 9.52. The largest absolute Gasteiger partial charge is 0.313 e. The van der Waals surface area contributed by atoms with Crippen LogP contribution in [-0.2, 0) is 13.0 Å². The number of hydrogen-bond acceptors (Lipinski definition) is 3. The summed E-state index contributed by atoms with van der Waals surface area (Å²) in [6.07, 6.45) is 3.45. The number of aryl methyl sites for hydroxylation is 1. The van der Waals surface area contributed by atoms with Gasteiger partial charge < -0.3 is 5.32 Å². The molecule has 2 N–H and O–H groups in total. The molecule has 0 spiro atoms. The second-order valence-corrected chi connectivity index (χ2v) is 5.27. The van der Waals surface area contributed by atoms with Crippen molar-refractivity contribution in [1.29, 1.82) is 0 Å². The second-order valence-electron chi connectivity index (χ2n) is 3.95. The van der Waals surface area contributed by atoms with Gasteiger partial charge in [-0.05, 0) is 30.7 Å². The Balaban J connectivity index is 1.69. The highest BCUT2D eigenvalue weighted by Crippen LogP contribution is 2.21. The summed E-state index contributed by atoms with van der Waals surface area (Å²) in [5.41, 5.74) is 1.11. The van der Waals surface area contributed by atoms with Crippen molar-refractivity contribution < 1.29 is 0 Å². The highest BCUT2D eigenvalue weighted by atomic mass is 79.9. The number of rotatable bonds is 6. The quantitative estimate of drug-likeness (QED) is 0.801. The highest BCUT2D eigenvalue weighted by molar-refractivity contribution is 9.10. The minimum Gasteiger partial charge on any atom is -0.313 e. The number of halogens is 2. The van der Waals surface area contributed by atoms with Crippen LogP contribution in [0.3, 0.4) is 0 Å². The van der Waals surface area contributed by atoms with Gasteiger partial charge in [-0.1, -0.05) is 33.6 Å². The molecular formula is C12H14BrClN4. The van der Waals surface area contributed by atoms with Crippen molar-refractivity contribution in [2.24, 2.45) is 0 Å². The van der Waals surface area contributed by atoms with Gasteiger partial charge in [0.15, 0.2) is 0 Å². The SMILES string of the molecule is Clc1cc(Br)ccc1CNCCCc1ncn[nH]1. The molecule has 1 aromatic heterocycles. The molecule has 0 aliphatic heterocycles. The zero-order valence-electron chi connectivity index (χ0n) is 9.79. The lowest BCUT2D eigenvalue weighted by Crippen LogP contribution is -2.15. The topological polar surface area (TPSA) is 53.6 Å². The molecule has 0 saturated heterocycles. The zero-order valence-corrected chi connectivity index (χ0v) is 12.1. The molecule has 1 aromatic carbocycles. The Hall–Kier alpha value is -0.910. The number of aromatic nitrogens is 3. The van der Waals surface area contributed by atoms with Crippen molar-refractivity contribution in [3.05, 3.63) is 45.4 Å². The number of nitrogens with zero attached hydrogens (tertiary/aromatic N) is 2.